The summed E-state index contributed by atoms with van der Waals surface area (Å²) in [6.45, 7) is 2.93. The second-order valence-electron chi connectivity index (χ2n) is 4.81. The maximum absolute atomic E-state index is 10.5. The van der Waals surface area contributed by atoms with Gasteiger partial charge in [-0.2, -0.15) is 15.0 Å². The van der Waals surface area contributed by atoms with Gasteiger partial charge >= 0.3 is 11.9 Å². The molecule has 134 valence electrons. The Kier molecular flexibility index (Phi) is 7.57. The van der Waals surface area contributed by atoms with E-state index in [0.29, 0.717) is 5.95 Å². The number of nitrogen functional groups attached to an aromatic ring is 2. The molecule has 2 aromatic rings. The normalized spacial score (nSPS) is 9.64. The molecule has 0 spiro atoms. The molecule has 0 saturated heterocycles. The Hall–Kier alpha value is -3.43. The number of hydrogen-bond acceptors (Lipinski definition) is 8. The van der Waals surface area contributed by atoms with E-state index in [2.05, 4.69) is 27.2 Å². The third-order valence-electron chi connectivity index (χ3n) is 2.87. The minimum Gasteiger partial charge on any atom is -0.478 e. The molecule has 0 fully saturated rings. The van der Waals surface area contributed by atoms with Gasteiger partial charge in [0.25, 0.3) is 0 Å². The number of carboxylic acids is 2. The highest BCUT2D eigenvalue weighted by Gasteiger charge is 2.13. The Morgan fingerprint density at radius 3 is 1.88 bits per heavy atom. The van der Waals surface area contributed by atoms with Crippen LogP contribution in [0.15, 0.2) is 24.3 Å². The molecular weight excluding hydrogens is 328 g/mol. The molecule has 2 rings (SSSR count). The van der Waals surface area contributed by atoms with E-state index < -0.39 is 11.9 Å². The van der Waals surface area contributed by atoms with Crippen molar-refractivity contribution in [1.82, 2.24) is 15.0 Å². The zero-order valence-corrected chi connectivity index (χ0v) is 13.6. The van der Waals surface area contributed by atoms with Crippen molar-refractivity contribution in [1.29, 1.82) is 0 Å². The van der Waals surface area contributed by atoms with Crippen LogP contribution in [0, 0.1) is 0 Å². The molecule has 0 atom stereocenters. The first kappa shape index (κ1) is 19.6. The summed E-state index contributed by atoms with van der Waals surface area (Å²) in [5.74, 6) is -1.72. The lowest BCUT2D eigenvalue weighted by Crippen LogP contribution is -2.10. The van der Waals surface area contributed by atoms with Gasteiger partial charge in [-0.15, -0.1) is 0 Å². The van der Waals surface area contributed by atoms with E-state index in [1.54, 1.807) is 0 Å². The average Bonchev–Trinajstić information content (AvgIpc) is 2.54. The van der Waals surface area contributed by atoms with Crippen LogP contribution in [0.3, 0.4) is 0 Å². The van der Waals surface area contributed by atoms with Crippen LogP contribution in [-0.2, 0) is 0 Å². The summed E-state index contributed by atoms with van der Waals surface area (Å²) in [6.07, 6.45) is 2.18. The summed E-state index contributed by atoms with van der Waals surface area (Å²) < 4.78 is 0. The largest absolute Gasteiger partial charge is 0.478 e. The van der Waals surface area contributed by atoms with Crippen LogP contribution in [0.25, 0.3) is 0 Å². The molecule has 0 aliphatic rings. The van der Waals surface area contributed by atoms with Gasteiger partial charge in [-0.1, -0.05) is 25.5 Å². The molecule has 10 nitrogen and oxygen atoms in total. The molecule has 0 amide bonds. The number of carbonyl (C=O) groups is 2. The number of nitrogens with zero attached hydrogens (tertiary/aromatic N) is 3. The first-order valence-electron chi connectivity index (χ1n) is 7.41. The molecule has 1 aromatic heterocycles. The van der Waals surface area contributed by atoms with Gasteiger partial charge in [0.1, 0.15) is 0 Å². The fraction of sp³-hybridized carbons (Fsp3) is 0.267. The number of unbranched alkanes of at least 4 members (excludes halogenated alkanes) is 1. The van der Waals surface area contributed by atoms with Crippen LogP contribution in [0.1, 0.15) is 40.5 Å². The molecule has 1 aromatic carbocycles. The van der Waals surface area contributed by atoms with E-state index >= 15 is 0 Å². The minimum absolute atomic E-state index is 0.145. The molecule has 0 bridgehead atoms. The second-order valence-corrected chi connectivity index (χ2v) is 4.81. The number of hydrogen-bond donors (Lipinski definition) is 5. The van der Waals surface area contributed by atoms with E-state index in [1.165, 1.54) is 24.3 Å². The first-order chi connectivity index (χ1) is 11.8. The van der Waals surface area contributed by atoms with E-state index in [-0.39, 0.29) is 23.0 Å². The zero-order valence-electron chi connectivity index (χ0n) is 13.6. The Morgan fingerprint density at radius 1 is 1.00 bits per heavy atom. The second kappa shape index (κ2) is 9.65. The molecule has 0 aliphatic heterocycles. The number of aromatic nitrogens is 3. The highest BCUT2D eigenvalue weighted by Crippen LogP contribution is 2.08. The fourth-order valence-corrected chi connectivity index (χ4v) is 1.72. The van der Waals surface area contributed by atoms with Crippen molar-refractivity contribution in [3.05, 3.63) is 35.4 Å². The highest BCUT2D eigenvalue weighted by molar-refractivity contribution is 6.01. The summed E-state index contributed by atoms with van der Waals surface area (Å²) in [4.78, 5) is 32.3. The van der Waals surface area contributed by atoms with E-state index in [9.17, 15) is 9.59 Å². The summed E-state index contributed by atoms with van der Waals surface area (Å²) >= 11 is 0. The molecule has 25 heavy (non-hydrogen) atoms. The third-order valence-corrected chi connectivity index (χ3v) is 2.87. The van der Waals surface area contributed by atoms with Gasteiger partial charge in [0.05, 0.1) is 11.1 Å². The van der Waals surface area contributed by atoms with Crippen molar-refractivity contribution in [2.75, 3.05) is 23.3 Å². The van der Waals surface area contributed by atoms with Crippen LogP contribution in [0.4, 0.5) is 17.8 Å². The van der Waals surface area contributed by atoms with Crippen molar-refractivity contribution in [2.45, 2.75) is 19.8 Å². The van der Waals surface area contributed by atoms with E-state index in [0.717, 1.165) is 19.4 Å². The van der Waals surface area contributed by atoms with Crippen LogP contribution in [0.2, 0.25) is 0 Å². The number of anilines is 3. The number of aromatic carboxylic acids is 2. The molecule has 0 unspecified atom stereocenters. The average molecular weight is 348 g/mol. The first-order valence-corrected chi connectivity index (χ1v) is 7.41. The third kappa shape index (κ3) is 6.69. The molecule has 0 aliphatic carbocycles. The van der Waals surface area contributed by atoms with Crippen molar-refractivity contribution >= 4 is 29.8 Å². The number of nitrogens with two attached hydrogens (primary N) is 2. The van der Waals surface area contributed by atoms with Gasteiger partial charge in [0.15, 0.2) is 0 Å². The van der Waals surface area contributed by atoms with Gasteiger partial charge in [-0.05, 0) is 18.6 Å². The lowest BCUT2D eigenvalue weighted by molar-refractivity contribution is 0.0651. The van der Waals surface area contributed by atoms with Gasteiger partial charge in [-0.25, -0.2) is 9.59 Å². The lowest BCUT2D eigenvalue weighted by Gasteiger charge is -2.03. The Bertz CT molecular complexity index is 684. The molecular formula is C15H20N6O4. The van der Waals surface area contributed by atoms with Gasteiger partial charge in [-0.3, -0.25) is 0 Å². The van der Waals surface area contributed by atoms with Crippen LogP contribution in [0.5, 0.6) is 0 Å². The fourth-order valence-electron chi connectivity index (χ4n) is 1.72. The topological polar surface area (TPSA) is 177 Å². The highest BCUT2D eigenvalue weighted by atomic mass is 16.4. The smallest absolute Gasteiger partial charge is 0.336 e. The van der Waals surface area contributed by atoms with Crippen molar-refractivity contribution in [3.8, 4) is 0 Å². The SMILES string of the molecule is CCCCNc1nc(N)nc(N)n1.O=C(O)c1ccccc1C(=O)O. The van der Waals surface area contributed by atoms with Crippen LogP contribution >= 0.6 is 0 Å². The van der Waals surface area contributed by atoms with Crippen LogP contribution < -0.4 is 16.8 Å². The number of rotatable bonds is 6. The predicted molar refractivity (Wildman–Crippen MR) is 92.4 cm³/mol. The standard InChI is InChI=1S/C8H6O4.C7H14N6/c9-7(10)5-3-1-2-4-6(5)8(11)12;1-2-3-4-10-7-12-5(8)11-6(9)13-7/h1-4H,(H,9,10)(H,11,12);2-4H2,1H3,(H5,8,9,10,11,12,13). The van der Waals surface area contributed by atoms with Crippen molar-refractivity contribution in [2.24, 2.45) is 0 Å². The van der Waals surface area contributed by atoms with Crippen molar-refractivity contribution in [3.63, 3.8) is 0 Å². The Morgan fingerprint density at radius 2 is 1.48 bits per heavy atom. The van der Waals surface area contributed by atoms with Gasteiger partial charge in [0, 0.05) is 6.54 Å². The number of benzene rings is 1. The van der Waals surface area contributed by atoms with E-state index in [1.807, 2.05) is 0 Å². The molecule has 10 heteroatoms. The zero-order chi connectivity index (χ0) is 18.8. The van der Waals surface area contributed by atoms with E-state index in [4.69, 9.17) is 21.7 Å². The lowest BCUT2D eigenvalue weighted by atomic mass is 10.1. The predicted octanol–water partition coefficient (Wildman–Crippen LogP) is 1.33. The maximum atomic E-state index is 10.5. The van der Waals surface area contributed by atoms with Gasteiger partial charge in [0.2, 0.25) is 17.8 Å². The summed E-state index contributed by atoms with van der Waals surface area (Å²) in [5, 5.41) is 20.1. The van der Waals surface area contributed by atoms with Crippen LogP contribution in [-0.4, -0.2) is 43.6 Å². The molecule has 0 radical (unpaired) electrons. The number of nitrogens with one attached hydrogen (secondary N) is 1. The number of carboxylic acid groups (broad SMARTS) is 2. The summed E-state index contributed by atoms with van der Waals surface area (Å²) in [5.41, 5.74) is 10.4. The summed E-state index contributed by atoms with van der Waals surface area (Å²) in [7, 11) is 0. The Labute approximate surface area is 143 Å². The minimum atomic E-state index is -1.23. The summed E-state index contributed by atoms with van der Waals surface area (Å²) in [6, 6.07) is 5.48. The Balaban J connectivity index is 0.000000251. The molecule has 0 saturated carbocycles. The molecule has 1 heterocycles. The van der Waals surface area contributed by atoms with Gasteiger partial charge < -0.3 is 27.0 Å². The molecule has 7 N–H and O–H groups in total. The quantitative estimate of drug-likeness (QED) is 0.478. The maximum Gasteiger partial charge on any atom is 0.336 e. The van der Waals surface area contributed by atoms with Crippen molar-refractivity contribution < 1.29 is 19.8 Å². The monoisotopic (exact) mass is 348 g/mol.